The first-order valence-electron chi connectivity index (χ1n) is 7.91. The van der Waals surface area contributed by atoms with Gasteiger partial charge in [-0.1, -0.05) is 0 Å². The van der Waals surface area contributed by atoms with Crippen LogP contribution in [0.4, 0.5) is 26.3 Å². The summed E-state index contributed by atoms with van der Waals surface area (Å²) in [4.78, 5) is 13.4. The van der Waals surface area contributed by atoms with E-state index in [0.29, 0.717) is 25.0 Å². The van der Waals surface area contributed by atoms with Gasteiger partial charge in [0.05, 0.1) is 29.9 Å². The first-order valence-corrected chi connectivity index (χ1v) is 7.91. The molecule has 0 saturated carbocycles. The van der Waals surface area contributed by atoms with Gasteiger partial charge in [-0.05, 0) is 36.6 Å². The third-order valence-electron chi connectivity index (χ3n) is 4.64. The molecule has 3 rings (SSSR count). The largest absolute Gasteiger partial charge is 0.416 e. The number of hydrogen-bond donors (Lipinski definition) is 1. The van der Waals surface area contributed by atoms with Crippen LogP contribution in [0.15, 0.2) is 18.2 Å². The average molecular weight is 382 g/mol. The minimum absolute atomic E-state index is 0.0786. The van der Waals surface area contributed by atoms with Crippen LogP contribution in [0.1, 0.15) is 29.5 Å². The predicted molar refractivity (Wildman–Crippen MR) is 77.7 cm³/mol. The quantitative estimate of drug-likeness (QED) is 0.818. The van der Waals surface area contributed by atoms with Crippen LogP contribution in [-0.4, -0.2) is 35.5 Å². The highest BCUT2D eigenvalue weighted by Crippen LogP contribution is 2.37. The molecule has 2 N–H and O–H groups in total. The molecule has 10 heteroatoms. The number of carbonyl (C=O) groups is 1. The van der Waals surface area contributed by atoms with Gasteiger partial charge >= 0.3 is 12.4 Å². The average Bonchev–Trinajstić information content (AvgIpc) is 3.03. The van der Waals surface area contributed by atoms with E-state index in [2.05, 4.69) is 0 Å². The highest BCUT2D eigenvalue weighted by atomic mass is 19.4. The lowest BCUT2D eigenvalue weighted by Gasteiger charge is -2.17. The number of benzene rings is 1. The van der Waals surface area contributed by atoms with Crippen molar-refractivity contribution in [3.05, 3.63) is 34.9 Å². The van der Waals surface area contributed by atoms with Crippen LogP contribution >= 0.6 is 0 Å². The van der Waals surface area contributed by atoms with Crippen molar-refractivity contribution in [2.24, 2.45) is 5.73 Å². The summed E-state index contributed by atoms with van der Waals surface area (Å²) in [7, 11) is 0. The third kappa shape index (κ3) is 3.80. The van der Waals surface area contributed by atoms with Crippen molar-refractivity contribution in [1.29, 1.82) is 0 Å². The maximum atomic E-state index is 12.8. The third-order valence-corrected chi connectivity index (χ3v) is 4.64. The van der Waals surface area contributed by atoms with Gasteiger partial charge < -0.3 is 15.4 Å². The summed E-state index contributed by atoms with van der Waals surface area (Å²) in [5.74, 6) is -0.209. The van der Waals surface area contributed by atoms with Gasteiger partial charge in [0, 0.05) is 12.6 Å². The topological polar surface area (TPSA) is 55.6 Å². The summed E-state index contributed by atoms with van der Waals surface area (Å²) in [6.07, 6.45) is -9.30. The van der Waals surface area contributed by atoms with E-state index in [1.54, 1.807) is 4.90 Å². The Hall–Kier alpha value is -1.81. The highest BCUT2D eigenvalue weighted by Gasteiger charge is 2.44. The van der Waals surface area contributed by atoms with E-state index in [-0.39, 0.29) is 30.1 Å². The van der Waals surface area contributed by atoms with Crippen LogP contribution in [0.2, 0.25) is 0 Å². The second kappa shape index (κ2) is 6.41. The lowest BCUT2D eigenvalue weighted by atomic mass is 10.0. The number of fused-ring (bicyclic) bond motifs is 1. The molecule has 3 atom stereocenters. The molecule has 3 unspecified atom stereocenters. The standard InChI is InChI=1S/C16H16F6N2O2/c17-15(18,19)9-1-8(2-10(3-9)16(20,21)22)7-26-12-4-11-5-13(23)14(25)24(11)6-12/h1-3,11-13H,4-7,23H2. The summed E-state index contributed by atoms with van der Waals surface area (Å²) in [6.45, 7) is -0.166. The Balaban J connectivity index is 1.71. The van der Waals surface area contributed by atoms with Crippen LogP contribution in [0.5, 0.6) is 0 Å². The Morgan fingerprint density at radius 1 is 1.04 bits per heavy atom. The van der Waals surface area contributed by atoms with Gasteiger partial charge in [0.15, 0.2) is 0 Å². The Bertz CT molecular complexity index is 671. The van der Waals surface area contributed by atoms with Gasteiger partial charge in [0.25, 0.3) is 0 Å². The Morgan fingerprint density at radius 3 is 2.12 bits per heavy atom. The van der Waals surface area contributed by atoms with Gasteiger partial charge in [-0.15, -0.1) is 0 Å². The molecule has 2 aliphatic rings. The highest BCUT2D eigenvalue weighted by molar-refractivity contribution is 5.84. The van der Waals surface area contributed by atoms with Crippen molar-refractivity contribution in [3.8, 4) is 0 Å². The van der Waals surface area contributed by atoms with E-state index >= 15 is 0 Å². The fourth-order valence-electron chi connectivity index (χ4n) is 3.41. The molecule has 2 fully saturated rings. The SMILES string of the molecule is NC1CC2CC(OCc3cc(C(F)(F)F)cc(C(F)(F)F)c3)CN2C1=O. The summed E-state index contributed by atoms with van der Waals surface area (Å²) < 4.78 is 82.6. The maximum Gasteiger partial charge on any atom is 0.416 e. The molecule has 1 aromatic carbocycles. The lowest BCUT2D eigenvalue weighted by Crippen LogP contribution is -2.35. The monoisotopic (exact) mass is 382 g/mol. The number of rotatable bonds is 3. The maximum absolute atomic E-state index is 12.8. The fraction of sp³-hybridized carbons (Fsp3) is 0.562. The van der Waals surface area contributed by atoms with Gasteiger partial charge in [0.1, 0.15) is 0 Å². The van der Waals surface area contributed by atoms with Crippen molar-refractivity contribution in [1.82, 2.24) is 4.90 Å². The number of halogens is 6. The van der Waals surface area contributed by atoms with Gasteiger partial charge in [0.2, 0.25) is 5.91 Å². The van der Waals surface area contributed by atoms with Crippen molar-refractivity contribution >= 4 is 5.91 Å². The van der Waals surface area contributed by atoms with Crippen LogP contribution in [-0.2, 0) is 28.5 Å². The first kappa shape index (κ1) is 19.0. The number of alkyl halides is 6. The Morgan fingerprint density at radius 2 is 1.62 bits per heavy atom. The number of carbonyl (C=O) groups excluding carboxylic acids is 1. The van der Waals surface area contributed by atoms with Crippen LogP contribution in [0.25, 0.3) is 0 Å². The van der Waals surface area contributed by atoms with Crippen molar-refractivity contribution in [2.75, 3.05) is 6.54 Å². The molecular weight excluding hydrogens is 366 g/mol. The molecule has 2 saturated heterocycles. The number of amides is 1. The van der Waals surface area contributed by atoms with Crippen molar-refractivity contribution in [2.45, 2.75) is 50.0 Å². The van der Waals surface area contributed by atoms with E-state index in [1.165, 1.54) is 0 Å². The van der Waals surface area contributed by atoms with E-state index in [9.17, 15) is 31.1 Å². The van der Waals surface area contributed by atoms with Crippen LogP contribution in [0, 0.1) is 0 Å². The molecule has 0 radical (unpaired) electrons. The lowest BCUT2D eigenvalue weighted by molar-refractivity contribution is -0.143. The van der Waals surface area contributed by atoms with Crippen molar-refractivity contribution in [3.63, 3.8) is 0 Å². The molecule has 0 aromatic heterocycles. The van der Waals surface area contributed by atoms with Gasteiger partial charge in [-0.2, -0.15) is 26.3 Å². The number of ether oxygens (including phenoxy) is 1. The summed E-state index contributed by atoms with van der Waals surface area (Å²) in [5.41, 5.74) is 2.68. The minimum atomic E-state index is -4.89. The first-order chi connectivity index (χ1) is 11.9. The molecule has 0 aliphatic carbocycles. The molecule has 0 bridgehead atoms. The zero-order valence-corrected chi connectivity index (χ0v) is 13.4. The molecular formula is C16H16F6N2O2. The molecule has 144 valence electrons. The van der Waals surface area contributed by atoms with E-state index in [1.807, 2.05) is 0 Å². The summed E-state index contributed by atoms with van der Waals surface area (Å²) >= 11 is 0. The van der Waals surface area contributed by atoms with Crippen LogP contribution in [0.3, 0.4) is 0 Å². The number of hydrogen-bond acceptors (Lipinski definition) is 3. The van der Waals surface area contributed by atoms with Crippen molar-refractivity contribution < 1.29 is 35.9 Å². The van der Waals surface area contributed by atoms with Crippen LogP contribution < -0.4 is 5.73 Å². The number of nitrogens with two attached hydrogens (primary N) is 1. The molecule has 2 heterocycles. The second-order valence-electron chi connectivity index (χ2n) is 6.57. The predicted octanol–water partition coefficient (Wildman–Crippen LogP) is 2.94. The Labute approximate surface area is 144 Å². The second-order valence-corrected chi connectivity index (χ2v) is 6.57. The van der Waals surface area contributed by atoms with E-state index in [4.69, 9.17) is 10.5 Å². The molecule has 1 aromatic rings. The zero-order valence-electron chi connectivity index (χ0n) is 13.4. The van der Waals surface area contributed by atoms with E-state index in [0.717, 1.165) is 0 Å². The molecule has 4 nitrogen and oxygen atoms in total. The summed E-state index contributed by atoms with van der Waals surface area (Å²) in [6, 6.07) is 0.724. The normalized spacial score (nSPS) is 26.5. The van der Waals surface area contributed by atoms with Gasteiger partial charge in [-0.25, -0.2) is 0 Å². The van der Waals surface area contributed by atoms with Gasteiger partial charge in [-0.3, -0.25) is 4.79 Å². The fourth-order valence-corrected chi connectivity index (χ4v) is 3.41. The molecule has 2 aliphatic heterocycles. The van der Waals surface area contributed by atoms with E-state index < -0.39 is 42.2 Å². The Kier molecular flexibility index (Phi) is 4.68. The summed E-state index contributed by atoms with van der Waals surface area (Å²) in [5, 5.41) is 0. The number of nitrogens with zero attached hydrogens (tertiary/aromatic N) is 1. The smallest absolute Gasteiger partial charge is 0.372 e. The zero-order chi connectivity index (χ0) is 19.3. The minimum Gasteiger partial charge on any atom is -0.372 e. The molecule has 1 amide bonds. The molecule has 26 heavy (non-hydrogen) atoms. The molecule has 0 spiro atoms.